The van der Waals surface area contributed by atoms with E-state index < -0.39 is 0 Å². The number of benzene rings is 1. The second kappa shape index (κ2) is 5.06. The minimum Gasteiger partial charge on any atom is -0.323 e. The van der Waals surface area contributed by atoms with Crippen molar-refractivity contribution in [2.24, 2.45) is 0 Å². The van der Waals surface area contributed by atoms with Crippen LogP contribution in [0.2, 0.25) is 0 Å². The Morgan fingerprint density at radius 2 is 2.04 bits per heavy atom. The molecule has 0 spiro atoms. The smallest absolute Gasteiger partial charge is 0.276 e. The fourth-order valence-electron chi connectivity index (χ4n) is 2.66. The van der Waals surface area contributed by atoms with Crippen molar-refractivity contribution >= 4 is 16.8 Å². The summed E-state index contributed by atoms with van der Waals surface area (Å²) in [4.78, 5) is 24.1. The van der Waals surface area contributed by atoms with E-state index in [2.05, 4.69) is 35.5 Å². The maximum atomic E-state index is 12.4. The number of pyridine rings is 1. The fraction of sp³-hybridized carbons (Fsp3) is 0. The second-order valence-corrected chi connectivity index (χ2v) is 5.45. The van der Waals surface area contributed by atoms with Gasteiger partial charge in [-0.05, 0) is 24.3 Å². The first-order valence-electron chi connectivity index (χ1n) is 7.51. The number of aromatic amines is 2. The van der Waals surface area contributed by atoms with Crippen molar-refractivity contribution in [3.63, 3.8) is 0 Å². The highest BCUT2D eigenvalue weighted by atomic mass is 16.1. The third-order valence-electron chi connectivity index (χ3n) is 3.86. The van der Waals surface area contributed by atoms with Crippen LogP contribution >= 0.6 is 0 Å². The van der Waals surface area contributed by atoms with Gasteiger partial charge in [-0.1, -0.05) is 17.3 Å². The summed E-state index contributed by atoms with van der Waals surface area (Å²) in [6.07, 6.45) is 1.65. The Balaban J connectivity index is 1.68. The number of nitrogens with zero attached hydrogens (tertiary/aromatic N) is 6. The van der Waals surface area contributed by atoms with Gasteiger partial charge in [0.15, 0.2) is 0 Å². The number of rotatable bonds is 2. The standard InChI is InChI=1S/C16H10N8O/c25-14-8-12(9-4-5-10-13(7-9)21-23-20-10)18-16-19-15(22-24(14)16)11-3-1-2-6-17-11/h1-8H,(H,18,19,22)(H,20,21,23). The van der Waals surface area contributed by atoms with Gasteiger partial charge in [0.2, 0.25) is 11.6 Å². The Morgan fingerprint density at radius 1 is 1.08 bits per heavy atom. The Bertz CT molecular complexity index is 1270. The first-order chi connectivity index (χ1) is 12.3. The topological polar surface area (TPSA) is 118 Å². The molecule has 2 N–H and O–H groups in total. The normalized spacial score (nSPS) is 11.4. The Kier molecular flexibility index (Phi) is 2.74. The lowest BCUT2D eigenvalue weighted by atomic mass is 10.1. The van der Waals surface area contributed by atoms with Crippen LogP contribution in [0.1, 0.15) is 0 Å². The largest absolute Gasteiger partial charge is 0.323 e. The lowest BCUT2D eigenvalue weighted by Crippen LogP contribution is -2.14. The minimum atomic E-state index is -0.279. The average molecular weight is 330 g/mol. The molecule has 0 saturated heterocycles. The van der Waals surface area contributed by atoms with E-state index in [1.165, 1.54) is 10.6 Å². The highest BCUT2D eigenvalue weighted by Crippen LogP contribution is 2.20. The van der Waals surface area contributed by atoms with Gasteiger partial charge >= 0.3 is 0 Å². The number of hydrogen-bond donors (Lipinski definition) is 2. The van der Waals surface area contributed by atoms with E-state index in [1.54, 1.807) is 12.3 Å². The molecule has 4 aromatic heterocycles. The van der Waals surface area contributed by atoms with E-state index >= 15 is 0 Å². The minimum absolute atomic E-state index is 0.279. The van der Waals surface area contributed by atoms with Crippen molar-refractivity contribution in [2.75, 3.05) is 0 Å². The third kappa shape index (κ3) is 2.17. The zero-order valence-electron chi connectivity index (χ0n) is 12.7. The molecule has 25 heavy (non-hydrogen) atoms. The summed E-state index contributed by atoms with van der Waals surface area (Å²) < 4.78 is 1.22. The predicted octanol–water partition coefficient (Wildman–Crippen LogP) is 1.42. The van der Waals surface area contributed by atoms with Gasteiger partial charge < -0.3 is 4.98 Å². The van der Waals surface area contributed by atoms with Crippen LogP contribution in [0.4, 0.5) is 0 Å². The van der Waals surface area contributed by atoms with Gasteiger partial charge in [0.05, 0.1) is 11.2 Å². The first kappa shape index (κ1) is 13.5. The Labute approximate surface area is 139 Å². The molecule has 4 heterocycles. The highest BCUT2D eigenvalue weighted by Gasteiger charge is 2.12. The van der Waals surface area contributed by atoms with Crippen LogP contribution in [0.3, 0.4) is 0 Å². The second-order valence-electron chi connectivity index (χ2n) is 5.45. The summed E-state index contributed by atoms with van der Waals surface area (Å²) in [6, 6.07) is 12.5. The molecule has 9 heteroatoms. The summed E-state index contributed by atoms with van der Waals surface area (Å²) in [5.41, 5.74) is 3.30. The van der Waals surface area contributed by atoms with Crippen LogP contribution in [0, 0.1) is 0 Å². The molecule has 5 aromatic rings. The number of nitrogens with one attached hydrogen (secondary N) is 2. The van der Waals surface area contributed by atoms with Crippen molar-refractivity contribution in [1.29, 1.82) is 0 Å². The van der Waals surface area contributed by atoms with Gasteiger partial charge in [-0.3, -0.25) is 14.9 Å². The summed E-state index contributed by atoms with van der Waals surface area (Å²) in [6.45, 7) is 0. The van der Waals surface area contributed by atoms with Crippen LogP contribution in [0.5, 0.6) is 0 Å². The van der Waals surface area contributed by atoms with E-state index in [4.69, 9.17) is 0 Å². The zero-order valence-corrected chi connectivity index (χ0v) is 12.7. The number of H-pyrrole nitrogens is 2. The van der Waals surface area contributed by atoms with Gasteiger partial charge in [0.1, 0.15) is 11.2 Å². The highest BCUT2D eigenvalue weighted by molar-refractivity contribution is 5.80. The molecule has 0 amide bonds. The molecule has 0 atom stereocenters. The van der Waals surface area contributed by atoms with E-state index in [9.17, 15) is 4.79 Å². The molecular weight excluding hydrogens is 320 g/mol. The van der Waals surface area contributed by atoms with Crippen LogP contribution < -0.4 is 5.56 Å². The molecule has 9 nitrogen and oxygen atoms in total. The van der Waals surface area contributed by atoms with Gasteiger partial charge in [0.25, 0.3) is 5.56 Å². The number of hydrogen-bond acceptors (Lipinski definition) is 6. The van der Waals surface area contributed by atoms with Crippen molar-refractivity contribution in [1.82, 2.24) is 40.0 Å². The average Bonchev–Trinajstić information content (AvgIpc) is 3.28. The number of fused-ring (bicyclic) bond motifs is 2. The Morgan fingerprint density at radius 3 is 2.92 bits per heavy atom. The molecule has 0 aliphatic rings. The SMILES string of the molecule is O=c1cc(-c2ccc3[nH]nnc3c2)[nH]c2nc(-c3ccccn3)nn12. The molecule has 1 aromatic carbocycles. The lowest BCUT2D eigenvalue weighted by molar-refractivity contribution is 0.902. The molecule has 0 aliphatic heterocycles. The van der Waals surface area contributed by atoms with Gasteiger partial charge in [-0.2, -0.15) is 9.50 Å². The maximum Gasteiger partial charge on any atom is 0.276 e. The molecule has 120 valence electrons. The van der Waals surface area contributed by atoms with Crippen LogP contribution in [0.15, 0.2) is 53.5 Å². The summed E-state index contributed by atoms with van der Waals surface area (Å²) in [5.74, 6) is 0.737. The van der Waals surface area contributed by atoms with Gasteiger partial charge in [0, 0.05) is 17.8 Å². The van der Waals surface area contributed by atoms with Crippen LogP contribution in [-0.4, -0.2) is 40.0 Å². The van der Waals surface area contributed by atoms with Crippen molar-refractivity contribution < 1.29 is 0 Å². The summed E-state index contributed by atoms with van der Waals surface area (Å²) in [7, 11) is 0. The van der Waals surface area contributed by atoms with E-state index in [1.807, 2.05) is 30.3 Å². The van der Waals surface area contributed by atoms with Crippen molar-refractivity contribution in [3.8, 4) is 22.8 Å². The summed E-state index contributed by atoms with van der Waals surface area (Å²) >= 11 is 0. The van der Waals surface area contributed by atoms with Crippen LogP contribution in [-0.2, 0) is 0 Å². The molecule has 0 saturated carbocycles. The molecule has 0 aliphatic carbocycles. The number of aromatic nitrogens is 8. The lowest BCUT2D eigenvalue weighted by Gasteiger charge is -2.01. The molecule has 5 rings (SSSR count). The van der Waals surface area contributed by atoms with Gasteiger partial charge in [-0.15, -0.1) is 10.2 Å². The zero-order chi connectivity index (χ0) is 16.8. The van der Waals surface area contributed by atoms with E-state index in [0.717, 1.165) is 11.1 Å². The first-order valence-corrected chi connectivity index (χ1v) is 7.51. The predicted molar refractivity (Wildman–Crippen MR) is 89.7 cm³/mol. The van der Waals surface area contributed by atoms with Crippen LogP contribution in [0.25, 0.3) is 39.6 Å². The molecule has 0 fully saturated rings. The molecule has 0 bridgehead atoms. The molecule has 0 unspecified atom stereocenters. The quantitative estimate of drug-likeness (QED) is 0.505. The Hall–Kier alpha value is -3.88. The van der Waals surface area contributed by atoms with E-state index in [-0.39, 0.29) is 5.56 Å². The third-order valence-corrected chi connectivity index (χ3v) is 3.86. The van der Waals surface area contributed by atoms with E-state index in [0.29, 0.717) is 28.5 Å². The fourth-order valence-corrected chi connectivity index (χ4v) is 2.66. The molecular formula is C16H10N8O. The monoisotopic (exact) mass is 330 g/mol. The molecule has 0 radical (unpaired) electrons. The van der Waals surface area contributed by atoms with Crippen molar-refractivity contribution in [2.45, 2.75) is 0 Å². The van der Waals surface area contributed by atoms with Gasteiger partial charge in [-0.25, -0.2) is 0 Å². The van der Waals surface area contributed by atoms with Crippen molar-refractivity contribution in [3.05, 3.63) is 59.0 Å². The maximum absolute atomic E-state index is 12.4. The summed E-state index contributed by atoms with van der Waals surface area (Å²) in [5, 5.41) is 14.8.